The Bertz CT molecular complexity index is 308. The molecule has 0 N–H and O–H groups in total. The molecule has 0 unspecified atom stereocenters. The standard InChI is InChI=1S/C16H25NO/c1-2-3-4-5-6-7-11-14-17-18-15-16-12-9-8-10-13-16/h8-10,12-14H,2-7,11,15H2,1H3/b17-14+. The average molecular weight is 247 g/mol. The van der Waals surface area contributed by atoms with E-state index >= 15 is 0 Å². The summed E-state index contributed by atoms with van der Waals surface area (Å²) in [5.41, 5.74) is 1.16. The summed E-state index contributed by atoms with van der Waals surface area (Å²) >= 11 is 0. The van der Waals surface area contributed by atoms with Crippen LogP contribution in [0.4, 0.5) is 0 Å². The van der Waals surface area contributed by atoms with Crippen LogP contribution in [0.25, 0.3) is 0 Å². The highest BCUT2D eigenvalue weighted by Gasteiger charge is 1.90. The van der Waals surface area contributed by atoms with Gasteiger partial charge in [0.25, 0.3) is 0 Å². The lowest BCUT2D eigenvalue weighted by Crippen LogP contribution is -1.87. The minimum absolute atomic E-state index is 0.563. The molecule has 100 valence electrons. The first-order valence-corrected chi connectivity index (χ1v) is 7.11. The van der Waals surface area contributed by atoms with E-state index in [9.17, 15) is 0 Å². The fraction of sp³-hybridized carbons (Fsp3) is 0.562. The van der Waals surface area contributed by atoms with Crippen LogP contribution in [0.3, 0.4) is 0 Å². The number of nitrogens with zero attached hydrogens (tertiary/aromatic N) is 1. The van der Waals surface area contributed by atoms with Gasteiger partial charge in [0.05, 0.1) is 0 Å². The predicted molar refractivity (Wildman–Crippen MR) is 77.7 cm³/mol. The first kappa shape index (κ1) is 14.7. The molecule has 2 heteroatoms. The Kier molecular flexibility index (Phi) is 8.87. The molecule has 0 aliphatic heterocycles. The molecule has 1 aromatic rings. The second kappa shape index (κ2) is 10.8. The lowest BCUT2D eigenvalue weighted by molar-refractivity contribution is 0.131. The number of hydrogen-bond donors (Lipinski definition) is 0. The molecule has 1 rings (SSSR count). The van der Waals surface area contributed by atoms with Gasteiger partial charge in [0.15, 0.2) is 0 Å². The van der Waals surface area contributed by atoms with E-state index < -0.39 is 0 Å². The maximum atomic E-state index is 5.23. The summed E-state index contributed by atoms with van der Waals surface area (Å²) in [6, 6.07) is 10.1. The zero-order chi connectivity index (χ0) is 12.9. The van der Waals surface area contributed by atoms with E-state index in [-0.39, 0.29) is 0 Å². The Balaban J connectivity index is 1.92. The lowest BCUT2D eigenvalue weighted by Gasteiger charge is -1.99. The van der Waals surface area contributed by atoms with Gasteiger partial charge in [0.1, 0.15) is 6.61 Å². The van der Waals surface area contributed by atoms with Crippen LogP contribution >= 0.6 is 0 Å². The number of benzene rings is 1. The van der Waals surface area contributed by atoms with Crippen LogP contribution in [0.1, 0.15) is 57.4 Å². The Morgan fingerprint density at radius 1 is 1.00 bits per heavy atom. The van der Waals surface area contributed by atoms with Crippen LogP contribution in [-0.4, -0.2) is 6.21 Å². The highest BCUT2D eigenvalue weighted by Crippen LogP contribution is 2.06. The molecule has 0 fully saturated rings. The molecule has 0 heterocycles. The van der Waals surface area contributed by atoms with Crippen molar-refractivity contribution in [1.82, 2.24) is 0 Å². The van der Waals surface area contributed by atoms with Crippen molar-refractivity contribution >= 4 is 6.21 Å². The Morgan fingerprint density at radius 3 is 2.50 bits per heavy atom. The topological polar surface area (TPSA) is 21.6 Å². The van der Waals surface area contributed by atoms with E-state index in [4.69, 9.17) is 4.84 Å². The van der Waals surface area contributed by atoms with Crippen LogP contribution in [0.2, 0.25) is 0 Å². The highest BCUT2D eigenvalue weighted by atomic mass is 16.6. The van der Waals surface area contributed by atoms with Crippen molar-refractivity contribution in [3.8, 4) is 0 Å². The van der Waals surface area contributed by atoms with Crippen molar-refractivity contribution in [3.05, 3.63) is 35.9 Å². The number of hydrogen-bond acceptors (Lipinski definition) is 2. The van der Waals surface area contributed by atoms with E-state index in [1.54, 1.807) is 0 Å². The molecule has 1 aromatic carbocycles. The van der Waals surface area contributed by atoms with Crippen LogP contribution in [-0.2, 0) is 11.4 Å². The first-order valence-electron chi connectivity index (χ1n) is 7.11. The quantitative estimate of drug-likeness (QED) is 0.326. The summed E-state index contributed by atoms with van der Waals surface area (Å²) in [6.07, 6.45) is 10.9. The van der Waals surface area contributed by atoms with Gasteiger partial charge in [-0.05, 0) is 18.4 Å². The summed E-state index contributed by atoms with van der Waals surface area (Å²) < 4.78 is 0. The van der Waals surface area contributed by atoms with Crippen molar-refractivity contribution in [1.29, 1.82) is 0 Å². The van der Waals surface area contributed by atoms with Gasteiger partial charge in [-0.25, -0.2) is 0 Å². The molecule has 0 saturated carbocycles. The minimum Gasteiger partial charge on any atom is -0.391 e. The van der Waals surface area contributed by atoms with Gasteiger partial charge in [-0.1, -0.05) is 74.5 Å². The average Bonchev–Trinajstić information content (AvgIpc) is 2.42. The van der Waals surface area contributed by atoms with E-state index in [0.717, 1.165) is 12.0 Å². The van der Waals surface area contributed by atoms with Crippen molar-refractivity contribution in [2.75, 3.05) is 0 Å². The fourth-order valence-corrected chi connectivity index (χ4v) is 1.81. The molecule has 0 radical (unpaired) electrons. The van der Waals surface area contributed by atoms with Gasteiger partial charge in [0, 0.05) is 6.21 Å². The molecule has 0 amide bonds. The molecule has 0 aliphatic rings. The molecule has 0 spiro atoms. The van der Waals surface area contributed by atoms with Gasteiger partial charge in [-0.2, -0.15) is 0 Å². The van der Waals surface area contributed by atoms with Gasteiger partial charge in [-0.3, -0.25) is 0 Å². The summed E-state index contributed by atoms with van der Waals surface area (Å²) in [6.45, 7) is 2.81. The van der Waals surface area contributed by atoms with Crippen molar-refractivity contribution in [2.45, 2.75) is 58.5 Å². The zero-order valence-electron chi connectivity index (χ0n) is 11.5. The largest absolute Gasteiger partial charge is 0.391 e. The number of unbranched alkanes of at least 4 members (excludes halogenated alkanes) is 6. The normalized spacial score (nSPS) is 10.9. The molecule has 0 bridgehead atoms. The Hall–Kier alpha value is -1.31. The summed E-state index contributed by atoms with van der Waals surface area (Å²) in [5.74, 6) is 0. The SMILES string of the molecule is CCCCCCCC/C=N/OCc1ccccc1. The maximum Gasteiger partial charge on any atom is 0.142 e. The van der Waals surface area contributed by atoms with Crippen molar-refractivity contribution in [3.63, 3.8) is 0 Å². The third-order valence-corrected chi connectivity index (χ3v) is 2.91. The van der Waals surface area contributed by atoms with Gasteiger partial charge in [0.2, 0.25) is 0 Å². The Morgan fingerprint density at radius 2 is 1.72 bits per heavy atom. The predicted octanol–water partition coefficient (Wildman–Crippen LogP) is 4.94. The molecule has 0 atom stereocenters. The third kappa shape index (κ3) is 7.88. The highest BCUT2D eigenvalue weighted by molar-refractivity contribution is 5.56. The number of rotatable bonds is 10. The van der Waals surface area contributed by atoms with Crippen molar-refractivity contribution < 1.29 is 4.84 Å². The maximum absolute atomic E-state index is 5.23. The molecular formula is C16H25NO. The molecule has 0 saturated heterocycles. The van der Waals surface area contributed by atoms with Crippen LogP contribution in [0.5, 0.6) is 0 Å². The fourth-order valence-electron chi connectivity index (χ4n) is 1.81. The monoisotopic (exact) mass is 247 g/mol. The molecule has 2 nitrogen and oxygen atoms in total. The second-order valence-corrected chi connectivity index (χ2v) is 4.60. The third-order valence-electron chi connectivity index (χ3n) is 2.91. The first-order chi connectivity index (χ1) is 8.93. The summed E-state index contributed by atoms with van der Waals surface area (Å²) in [4.78, 5) is 5.23. The zero-order valence-corrected chi connectivity index (χ0v) is 11.5. The minimum atomic E-state index is 0.563. The summed E-state index contributed by atoms with van der Waals surface area (Å²) in [5, 5.41) is 3.98. The molecule has 0 aromatic heterocycles. The number of oxime groups is 1. The van der Waals surface area contributed by atoms with E-state index in [0.29, 0.717) is 6.61 Å². The van der Waals surface area contributed by atoms with Gasteiger partial charge >= 0.3 is 0 Å². The van der Waals surface area contributed by atoms with Crippen LogP contribution in [0, 0.1) is 0 Å². The van der Waals surface area contributed by atoms with Crippen molar-refractivity contribution in [2.24, 2.45) is 5.16 Å². The Labute approximate surface area is 111 Å². The molecular weight excluding hydrogens is 222 g/mol. The summed E-state index contributed by atoms with van der Waals surface area (Å²) in [7, 11) is 0. The van der Waals surface area contributed by atoms with E-state index in [1.165, 1.54) is 38.5 Å². The van der Waals surface area contributed by atoms with Crippen LogP contribution < -0.4 is 0 Å². The second-order valence-electron chi connectivity index (χ2n) is 4.60. The lowest BCUT2D eigenvalue weighted by atomic mass is 10.1. The molecule has 18 heavy (non-hydrogen) atoms. The van der Waals surface area contributed by atoms with E-state index in [2.05, 4.69) is 12.1 Å². The molecule has 0 aliphatic carbocycles. The smallest absolute Gasteiger partial charge is 0.142 e. The van der Waals surface area contributed by atoms with Gasteiger partial charge in [-0.15, -0.1) is 0 Å². The van der Waals surface area contributed by atoms with E-state index in [1.807, 2.05) is 36.5 Å². The van der Waals surface area contributed by atoms with Gasteiger partial charge < -0.3 is 4.84 Å². The van der Waals surface area contributed by atoms with Crippen LogP contribution in [0.15, 0.2) is 35.5 Å².